The first-order valence-electron chi connectivity index (χ1n) is 7.29. The van der Waals surface area contributed by atoms with Crippen LogP contribution in [-0.4, -0.2) is 27.3 Å². The molecule has 8 heteroatoms. The van der Waals surface area contributed by atoms with Gasteiger partial charge in [-0.3, -0.25) is 20.4 Å². The number of nitrogens with one attached hydrogen (secondary N) is 2. The van der Waals surface area contributed by atoms with E-state index in [4.69, 9.17) is 4.42 Å². The van der Waals surface area contributed by atoms with Gasteiger partial charge < -0.3 is 4.42 Å². The van der Waals surface area contributed by atoms with Gasteiger partial charge in [0.1, 0.15) is 0 Å². The van der Waals surface area contributed by atoms with E-state index in [-0.39, 0.29) is 11.8 Å². The molecule has 1 heterocycles. The van der Waals surface area contributed by atoms with Crippen LogP contribution in [0.3, 0.4) is 0 Å². The number of hydrogen-bond donors (Lipinski definition) is 2. The molecule has 0 radical (unpaired) electrons. The summed E-state index contributed by atoms with van der Waals surface area (Å²) in [5.41, 5.74) is 5.25. The van der Waals surface area contributed by atoms with Crippen LogP contribution < -0.4 is 10.9 Å². The third-order valence-corrected chi connectivity index (χ3v) is 4.26. The third kappa shape index (κ3) is 4.10. The number of hydrazine groups is 1. The van der Waals surface area contributed by atoms with E-state index in [9.17, 15) is 9.59 Å². The van der Waals surface area contributed by atoms with Crippen LogP contribution in [0.5, 0.6) is 0 Å². The molecule has 1 fully saturated rings. The summed E-state index contributed by atoms with van der Waals surface area (Å²) < 4.78 is 5.50. The fraction of sp³-hybridized carbons (Fsp3) is 0.333. The highest BCUT2D eigenvalue weighted by Crippen LogP contribution is 2.40. The Kier molecular flexibility index (Phi) is 4.61. The van der Waals surface area contributed by atoms with Gasteiger partial charge in [0.25, 0.3) is 17.0 Å². The highest BCUT2D eigenvalue weighted by atomic mass is 32.2. The number of amides is 2. The summed E-state index contributed by atoms with van der Waals surface area (Å²) >= 11 is 1.16. The zero-order valence-electron chi connectivity index (χ0n) is 12.5. The van der Waals surface area contributed by atoms with Crippen molar-refractivity contribution in [3.63, 3.8) is 0 Å². The van der Waals surface area contributed by atoms with Crippen LogP contribution in [0, 0.1) is 0 Å². The Hall–Kier alpha value is -2.35. The summed E-state index contributed by atoms with van der Waals surface area (Å²) in [5, 5.41) is 7.78. The lowest BCUT2D eigenvalue weighted by atomic mass is 10.2. The molecule has 0 saturated heterocycles. The predicted octanol–water partition coefficient (Wildman–Crippen LogP) is 1.89. The molecule has 2 amide bonds. The Labute approximate surface area is 137 Å². The summed E-state index contributed by atoms with van der Waals surface area (Å²) in [5.74, 6) is 0.305. The highest BCUT2D eigenvalue weighted by molar-refractivity contribution is 8.00. The van der Waals surface area contributed by atoms with Crippen molar-refractivity contribution in [2.75, 3.05) is 0 Å². The lowest BCUT2D eigenvalue weighted by Crippen LogP contribution is -2.44. The molecule has 1 aromatic carbocycles. The van der Waals surface area contributed by atoms with Gasteiger partial charge in [-0.15, -0.1) is 10.2 Å². The fourth-order valence-electron chi connectivity index (χ4n) is 1.85. The van der Waals surface area contributed by atoms with Gasteiger partial charge in [0.2, 0.25) is 5.89 Å². The van der Waals surface area contributed by atoms with Crippen LogP contribution in [0.2, 0.25) is 0 Å². The van der Waals surface area contributed by atoms with Crippen LogP contribution in [-0.2, 0) is 4.79 Å². The Morgan fingerprint density at radius 2 is 1.96 bits per heavy atom. The smallest absolute Gasteiger partial charge is 0.277 e. The topological polar surface area (TPSA) is 97.1 Å². The second-order valence-corrected chi connectivity index (χ2v) is 6.54. The van der Waals surface area contributed by atoms with E-state index in [1.165, 1.54) is 0 Å². The molecule has 1 atom stereocenters. The number of thioether (sulfide) groups is 1. The van der Waals surface area contributed by atoms with E-state index in [1.54, 1.807) is 31.2 Å². The molecule has 23 heavy (non-hydrogen) atoms. The maximum atomic E-state index is 12.0. The number of carbonyl (C=O) groups is 2. The van der Waals surface area contributed by atoms with Gasteiger partial charge >= 0.3 is 0 Å². The SMILES string of the molecule is C[C@H](Sc1nnc(C2CC2)o1)C(=O)NNC(=O)c1ccccc1. The second kappa shape index (κ2) is 6.82. The molecular formula is C15H16N4O3S. The Morgan fingerprint density at radius 3 is 2.65 bits per heavy atom. The highest BCUT2D eigenvalue weighted by Gasteiger charge is 2.30. The van der Waals surface area contributed by atoms with Gasteiger partial charge in [-0.1, -0.05) is 30.0 Å². The van der Waals surface area contributed by atoms with Crippen LogP contribution in [0.15, 0.2) is 40.0 Å². The van der Waals surface area contributed by atoms with E-state index < -0.39 is 5.25 Å². The quantitative estimate of drug-likeness (QED) is 0.641. The molecule has 0 spiro atoms. The normalized spacial score (nSPS) is 15.0. The summed E-state index contributed by atoms with van der Waals surface area (Å²) in [6.45, 7) is 1.70. The van der Waals surface area contributed by atoms with Crippen LogP contribution in [0.25, 0.3) is 0 Å². The average Bonchev–Trinajstić information content (AvgIpc) is 3.33. The number of nitrogens with zero attached hydrogens (tertiary/aromatic N) is 2. The van der Waals surface area contributed by atoms with Crippen molar-refractivity contribution in [1.29, 1.82) is 0 Å². The monoisotopic (exact) mass is 332 g/mol. The number of rotatable bonds is 5. The first-order chi connectivity index (χ1) is 11.1. The number of benzene rings is 1. The van der Waals surface area contributed by atoms with E-state index in [0.717, 1.165) is 24.6 Å². The predicted molar refractivity (Wildman–Crippen MR) is 83.6 cm³/mol. The van der Waals surface area contributed by atoms with Gasteiger partial charge in [-0.25, -0.2) is 0 Å². The van der Waals surface area contributed by atoms with Crippen molar-refractivity contribution in [1.82, 2.24) is 21.0 Å². The molecule has 7 nitrogen and oxygen atoms in total. The largest absolute Gasteiger partial charge is 0.416 e. The molecule has 1 aliphatic rings. The standard InChI is InChI=1S/C15H16N4O3S/c1-9(23-15-19-18-14(22-15)11-7-8-11)12(20)16-17-13(21)10-5-3-2-4-6-10/h2-6,9,11H,7-8H2,1H3,(H,16,20)(H,17,21)/t9-/m0/s1. The van der Waals surface area contributed by atoms with E-state index in [2.05, 4.69) is 21.0 Å². The summed E-state index contributed by atoms with van der Waals surface area (Å²) in [6.07, 6.45) is 2.15. The van der Waals surface area contributed by atoms with Crippen LogP contribution in [0.4, 0.5) is 0 Å². The zero-order chi connectivity index (χ0) is 16.2. The van der Waals surface area contributed by atoms with Crippen LogP contribution >= 0.6 is 11.8 Å². The molecule has 1 aromatic heterocycles. The minimum absolute atomic E-state index is 0.342. The molecule has 0 aliphatic heterocycles. The van der Waals surface area contributed by atoms with Crippen molar-refractivity contribution >= 4 is 23.6 Å². The van der Waals surface area contributed by atoms with Crippen molar-refractivity contribution in [3.05, 3.63) is 41.8 Å². The third-order valence-electron chi connectivity index (χ3n) is 3.33. The minimum Gasteiger partial charge on any atom is -0.416 e. The van der Waals surface area contributed by atoms with Crippen molar-refractivity contribution in [2.24, 2.45) is 0 Å². The maximum absolute atomic E-state index is 12.0. The molecule has 2 N–H and O–H groups in total. The van der Waals surface area contributed by atoms with Gasteiger partial charge in [-0.2, -0.15) is 0 Å². The second-order valence-electron chi connectivity index (χ2n) is 5.25. The Morgan fingerprint density at radius 1 is 1.22 bits per heavy atom. The van der Waals surface area contributed by atoms with Gasteiger partial charge in [0, 0.05) is 11.5 Å². The van der Waals surface area contributed by atoms with Crippen molar-refractivity contribution < 1.29 is 14.0 Å². The lowest BCUT2D eigenvalue weighted by Gasteiger charge is -2.10. The number of carbonyl (C=O) groups excluding carboxylic acids is 2. The van der Waals surface area contributed by atoms with E-state index >= 15 is 0 Å². The minimum atomic E-state index is -0.474. The van der Waals surface area contributed by atoms with Gasteiger partial charge in [-0.05, 0) is 31.9 Å². The Bertz CT molecular complexity index is 700. The molecule has 0 bridgehead atoms. The van der Waals surface area contributed by atoms with Gasteiger partial charge in [0.05, 0.1) is 5.25 Å². The van der Waals surface area contributed by atoms with Crippen molar-refractivity contribution in [2.45, 2.75) is 36.2 Å². The number of hydrogen-bond acceptors (Lipinski definition) is 6. The molecular weight excluding hydrogens is 316 g/mol. The molecule has 1 saturated carbocycles. The summed E-state index contributed by atoms with van der Waals surface area (Å²) in [6, 6.07) is 8.65. The van der Waals surface area contributed by atoms with Crippen LogP contribution in [0.1, 0.15) is 41.9 Å². The number of aromatic nitrogens is 2. The molecule has 1 aliphatic carbocycles. The maximum Gasteiger partial charge on any atom is 0.277 e. The fourth-order valence-corrected chi connectivity index (χ4v) is 2.54. The molecule has 120 valence electrons. The summed E-state index contributed by atoms with van der Waals surface area (Å²) in [4.78, 5) is 23.8. The van der Waals surface area contributed by atoms with Crippen molar-refractivity contribution in [3.8, 4) is 0 Å². The van der Waals surface area contributed by atoms with E-state index in [1.807, 2.05) is 6.07 Å². The first-order valence-corrected chi connectivity index (χ1v) is 8.17. The first kappa shape index (κ1) is 15.5. The zero-order valence-corrected chi connectivity index (χ0v) is 13.3. The molecule has 0 unspecified atom stereocenters. The van der Waals surface area contributed by atoms with E-state index in [0.29, 0.717) is 22.6 Å². The Balaban J connectivity index is 1.48. The average molecular weight is 332 g/mol. The summed E-state index contributed by atoms with van der Waals surface area (Å²) in [7, 11) is 0. The molecule has 3 rings (SSSR count). The van der Waals surface area contributed by atoms with Gasteiger partial charge in [0.15, 0.2) is 0 Å². The molecule has 2 aromatic rings. The lowest BCUT2D eigenvalue weighted by molar-refractivity contribution is -0.121.